The van der Waals surface area contributed by atoms with E-state index in [0.29, 0.717) is 11.1 Å². The molecule has 1 aromatic rings. The molecule has 0 unspecified atom stereocenters. The van der Waals surface area contributed by atoms with E-state index in [1.165, 1.54) is 6.92 Å². The summed E-state index contributed by atoms with van der Waals surface area (Å²) >= 11 is 0. The highest BCUT2D eigenvalue weighted by Gasteiger charge is 2.78. The van der Waals surface area contributed by atoms with Gasteiger partial charge in [0.05, 0.1) is 35.7 Å². The van der Waals surface area contributed by atoms with Crippen molar-refractivity contribution in [2.45, 2.75) is 167 Å². The van der Waals surface area contributed by atoms with Crippen LogP contribution < -0.4 is 0 Å². The molecule has 1 aromatic carbocycles. The summed E-state index contributed by atoms with van der Waals surface area (Å²) in [6, 6.07) is 13.3. The smallest absolute Gasteiger partial charge is 0.338 e. The Bertz CT molecular complexity index is 1550. The number of carbonyl (C=O) groups excluding carboxylic acids is 3. The van der Waals surface area contributed by atoms with Crippen molar-refractivity contribution in [1.29, 1.82) is 0 Å². The number of aliphatic hydroxyl groups is 2. The molecular formula is C41H64O10Si2. The van der Waals surface area contributed by atoms with Crippen molar-refractivity contribution in [1.82, 2.24) is 0 Å². The van der Waals surface area contributed by atoms with E-state index in [4.69, 9.17) is 23.1 Å². The molecule has 4 aliphatic rings. The molecule has 296 valence electrons. The Labute approximate surface area is 318 Å². The highest BCUT2D eigenvalue weighted by Crippen LogP contribution is 2.65. The Hall–Kier alpha value is -2.20. The number of esters is 2. The molecule has 0 spiro atoms. The zero-order valence-electron chi connectivity index (χ0n) is 33.9. The van der Waals surface area contributed by atoms with Gasteiger partial charge in [-0.1, -0.05) is 73.6 Å². The van der Waals surface area contributed by atoms with Crippen LogP contribution in [0.4, 0.5) is 0 Å². The van der Waals surface area contributed by atoms with Crippen LogP contribution >= 0.6 is 0 Å². The molecule has 1 saturated heterocycles. The van der Waals surface area contributed by atoms with Crippen molar-refractivity contribution in [3.8, 4) is 0 Å². The van der Waals surface area contributed by atoms with Gasteiger partial charge in [-0.05, 0) is 73.4 Å². The van der Waals surface area contributed by atoms with Gasteiger partial charge in [0.25, 0.3) is 0 Å². The van der Waals surface area contributed by atoms with E-state index in [2.05, 4.69) is 41.5 Å². The first-order valence-corrected chi connectivity index (χ1v) is 25.0. The number of rotatable bonds is 13. The Morgan fingerprint density at radius 3 is 1.94 bits per heavy atom. The normalized spacial score (nSPS) is 35.3. The third kappa shape index (κ3) is 6.45. The van der Waals surface area contributed by atoms with Crippen molar-refractivity contribution in [2.75, 3.05) is 6.61 Å². The van der Waals surface area contributed by atoms with Gasteiger partial charge in [0.2, 0.25) is 0 Å². The summed E-state index contributed by atoms with van der Waals surface area (Å²) in [5, 5.41) is 25.5. The fourth-order valence-corrected chi connectivity index (χ4v) is 16.1. The number of carbonyl (C=O) groups is 3. The first-order chi connectivity index (χ1) is 24.9. The number of aliphatic hydroxyl groups excluding tert-OH is 1. The fraction of sp³-hybridized carbons (Fsp3) is 0.732. The lowest BCUT2D eigenvalue weighted by atomic mass is 9.44. The lowest BCUT2D eigenvalue weighted by molar-refractivity contribution is -0.344. The standard InChI is InChI=1S/C41H64O10Si2/c1-12-52(13-2,14-3)50-30-23-31-40(25-47-31,49-27(8)42)34-36(48-37(45)28-21-19-18-20-22-28)41(46)24-29(43)26(7)32(38(41,9)10)33(35(44)39(30,34)11)51-53(15-4,16-5)17-6/h18-22,29-31,33-34,36,43,46H,12-17,23-25H2,1-11H3/t29-,30-,31+,33+,34-,36+,39+,40-,41+/m0/s1. The average Bonchev–Trinajstić information content (AvgIpc) is 3.13. The van der Waals surface area contributed by atoms with Crippen LogP contribution in [0.15, 0.2) is 41.5 Å². The van der Waals surface area contributed by atoms with Gasteiger partial charge < -0.3 is 33.3 Å². The van der Waals surface area contributed by atoms with Crippen LogP contribution in [-0.2, 0) is 32.7 Å². The molecule has 2 saturated carbocycles. The van der Waals surface area contributed by atoms with Crippen molar-refractivity contribution >= 4 is 34.4 Å². The quantitative estimate of drug-likeness (QED) is 0.121. The number of ether oxygens (including phenoxy) is 3. The summed E-state index contributed by atoms with van der Waals surface area (Å²) in [6.45, 7) is 21.4. The first kappa shape index (κ1) is 42.0. The molecule has 3 aliphatic carbocycles. The largest absolute Gasteiger partial charge is 0.455 e. The molecule has 0 aromatic heterocycles. The molecule has 3 fully saturated rings. The third-order valence-electron chi connectivity index (χ3n) is 14.5. The van der Waals surface area contributed by atoms with Gasteiger partial charge in [-0.3, -0.25) is 9.59 Å². The molecule has 12 heteroatoms. The number of Topliss-reactive ketones (excluding diaryl/α,β-unsaturated/α-hetero) is 1. The molecular weight excluding hydrogens is 709 g/mol. The van der Waals surface area contributed by atoms with Crippen LogP contribution in [0.2, 0.25) is 36.3 Å². The van der Waals surface area contributed by atoms with Crippen LogP contribution in [0, 0.1) is 16.7 Å². The van der Waals surface area contributed by atoms with Gasteiger partial charge in [0.1, 0.15) is 23.9 Å². The highest BCUT2D eigenvalue weighted by molar-refractivity contribution is 6.74. The number of fused-ring (bicyclic) bond motifs is 5. The Balaban J connectivity index is 1.91. The second-order valence-electron chi connectivity index (χ2n) is 16.9. The summed E-state index contributed by atoms with van der Waals surface area (Å²) in [5.74, 6) is -2.66. The molecule has 9 atom stereocenters. The first-order valence-electron chi connectivity index (χ1n) is 19.9. The van der Waals surface area contributed by atoms with Crippen LogP contribution in [0.1, 0.15) is 99.4 Å². The number of hydrogen-bond donors (Lipinski definition) is 2. The molecule has 10 nitrogen and oxygen atoms in total. The number of benzene rings is 1. The minimum atomic E-state index is -2.55. The van der Waals surface area contributed by atoms with Crippen molar-refractivity contribution in [3.05, 3.63) is 47.0 Å². The zero-order chi connectivity index (χ0) is 39.4. The number of ketones is 1. The van der Waals surface area contributed by atoms with Crippen molar-refractivity contribution in [3.63, 3.8) is 0 Å². The second kappa shape index (κ2) is 15.0. The lowest BCUT2D eigenvalue weighted by Gasteiger charge is -2.68. The minimum absolute atomic E-state index is 0.0569. The molecule has 0 radical (unpaired) electrons. The van der Waals surface area contributed by atoms with Crippen LogP contribution in [-0.4, -0.2) is 92.9 Å². The maximum Gasteiger partial charge on any atom is 0.338 e. The van der Waals surface area contributed by atoms with Crippen LogP contribution in [0.3, 0.4) is 0 Å². The lowest BCUT2D eigenvalue weighted by Crippen LogP contribution is -2.82. The average molecular weight is 773 g/mol. The summed E-state index contributed by atoms with van der Waals surface area (Å²) in [6.07, 6.45) is -5.08. The molecule has 1 aliphatic heterocycles. The molecule has 2 N–H and O–H groups in total. The Morgan fingerprint density at radius 2 is 1.45 bits per heavy atom. The molecule has 1 heterocycles. The molecule has 2 bridgehead atoms. The van der Waals surface area contributed by atoms with Gasteiger partial charge in [-0.25, -0.2) is 4.79 Å². The minimum Gasteiger partial charge on any atom is -0.455 e. The predicted octanol–water partition coefficient (Wildman–Crippen LogP) is 7.14. The summed E-state index contributed by atoms with van der Waals surface area (Å²) in [4.78, 5) is 43.8. The van der Waals surface area contributed by atoms with Gasteiger partial charge >= 0.3 is 11.9 Å². The maximum atomic E-state index is 16.3. The SMILES string of the molecule is CC[Si](CC)(CC)O[C@H]1C(=O)[C@]2(C)[C@@H](O[Si](CC)(CC)CC)C[C@H]3OC[C@@]3(OC(C)=O)[C@H]2[C@@H](OC(=O)c2ccccc2)[C@]2(O)C[C@H](O)C(C)=C1C2(C)C. The van der Waals surface area contributed by atoms with E-state index in [9.17, 15) is 19.8 Å². The van der Waals surface area contributed by atoms with E-state index < -0.39 is 87.0 Å². The van der Waals surface area contributed by atoms with Crippen molar-refractivity contribution < 1.29 is 47.7 Å². The van der Waals surface area contributed by atoms with Gasteiger partial charge in [0.15, 0.2) is 28.0 Å². The molecule has 0 amide bonds. The second-order valence-corrected chi connectivity index (χ2v) is 26.3. The van der Waals surface area contributed by atoms with Crippen LogP contribution in [0.25, 0.3) is 0 Å². The number of hydrogen-bond acceptors (Lipinski definition) is 10. The van der Waals surface area contributed by atoms with Crippen molar-refractivity contribution in [2.24, 2.45) is 16.7 Å². The Kier molecular flexibility index (Phi) is 11.9. The van der Waals surface area contributed by atoms with E-state index in [1.54, 1.807) is 30.3 Å². The fourth-order valence-electron chi connectivity index (χ4n) is 10.4. The zero-order valence-corrected chi connectivity index (χ0v) is 35.9. The van der Waals surface area contributed by atoms with Gasteiger partial charge in [-0.15, -0.1) is 0 Å². The Morgan fingerprint density at radius 1 is 0.906 bits per heavy atom. The maximum absolute atomic E-state index is 16.3. The topological polar surface area (TPSA) is 138 Å². The molecule has 53 heavy (non-hydrogen) atoms. The third-order valence-corrected chi connectivity index (χ3v) is 23.8. The highest BCUT2D eigenvalue weighted by atomic mass is 28.4. The van der Waals surface area contributed by atoms with Crippen LogP contribution in [0.5, 0.6) is 0 Å². The van der Waals surface area contributed by atoms with E-state index >= 15 is 4.79 Å². The summed E-state index contributed by atoms with van der Waals surface area (Å²) in [5.41, 5.74) is -4.81. The summed E-state index contributed by atoms with van der Waals surface area (Å²) < 4.78 is 33.9. The molecule has 5 rings (SSSR count). The van der Waals surface area contributed by atoms with Gasteiger partial charge in [0, 0.05) is 25.2 Å². The van der Waals surface area contributed by atoms with E-state index in [-0.39, 0.29) is 30.8 Å². The predicted molar refractivity (Wildman–Crippen MR) is 207 cm³/mol. The van der Waals surface area contributed by atoms with E-state index in [1.807, 2.05) is 27.7 Å². The van der Waals surface area contributed by atoms with Gasteiger partial charge in [-0.2, -0.15) is 0 Å². The summed E-state index contributed by atoms with van der Waals surface area (Å²) in [7, 11) is -4.99. The monoisotopic (exact) mass is 772 g/mol. The van der Waals surface area contributed by atoms with E-state index in [0.717, 1.165) is 36.3 Å².